The van der Waals surface area contributed by atoms with Gasteiger partial charge in [-0.05, 0) is 48.9 Å². The van der Waals surface area contributed by atoms with Gasteiger partial charge in [-0.25, -0.2) is 8.78 Å². The van der Waals surface area contributed by atoms with Crippen LogP contribution in [0.3, 0.4) is 0 Å². The van der Waals surface area contributed by atoms with Crippen LogP contribution in [0.5, 0.6) is 0 Å². The molecule has 3 nitrogen and oxygen atoms in total. The van der Waals surface area contributed by atoms with Crippen molar-refractivity contribution in [3.05, 3.63) is 35.4 Å². The third kappa shape index (κ3) is 5.69. The summed E-state index contributed by atoms with van der Waals surface area (Å²) in [5.41, 5.74) is 0.381. The predicted molar refractivity (Wildman–Crippen MR) is 81.4 cm³/mol. The molecule has 0 aromatic heterocycles. The van der Waals surface area contributed by atoms with Crippen molar-refractivity contribution in [1.82, 2.24) is 10.6 Å². The van der Waals surface area contributed by atoms with Crippen molar-refractivity contribution in [2.24, 2.45) is 10.9 Å². The number of guanidine groups is 1. The maximum atomic E-state index is 13.5. The second kappa shape index (κ2) is 7.96. The van der Waals surface area contributed by atoms with Crippen molar-refractivity contribution in [2.45, 2.75) is 32.1 Å². The fraction of sp³-hybridized carbons (Fsp3) is 0.562. The highest BCUT2D eigenvalue weighted by Gasteiger charge is 2.19. The highest BCUT2D eigenvalue weighted by atomic mass is 19.1. The molecule has 0 heterocycles. The van der Waals surface area contributed by atoms with Gasteiger partial charge in [0, 0.05) is 20.1 Å². The zero-order valence-electron chi connectivity index (χ0n) is 12.5. The Labute approximate surface area is 124 Å². The van der Waals surface area contributed by atoms with Gasteiger partial charge in [0.2, 0.25) is 0 Å². The maximum Gasteiger partial charge on any atom is 0.190 e. The minimum absolute atomic E-state index is 0.370. The first kappa shape index (κ1) is 15.7. The zero-order valence-corrected chi connectivity index (χ0v) is 12.5. The molecule has 0 amide bonds. The molecular formula is C16H23F2N3. The van der Waals surface area contributed by atoms with E-state index in [1.54, 1.807) is 7.05 Å². The molecule has 1 saturated carbocycles. The molecule has 0 atom stereocenters. The van der Waals surface area contributed by atoms with Gasteiger partial charge < -0.3 is 10.6 Å². The lowest BCUT2D eigenvalue weighted by Crippen LogP contribution is -2.38. The quantitative estimate of drug-likeness (QED) is 0.461. The number of nitrogens with zero attached hydrogens (tertiary/aromatic N) is 1. The summed E-state index contributed by atoms with van der Waals surface area (Å²) in [6.45, 7) is 1.41. The van der Waals surface area contributed by atoms with Crippen molar-refractivity contribution in [3.8, 4) is 0 Å². The second-order valence-electron chi connectivity index (χ2n) is 5.50. The smallest absolute Gasteiger partial charge is 0.190 e. The highest BCUT2D eigenvalue weighted by Crippen LogP contribution is 2.33. The molecule has 0 bridgehead atoms. The Kier molecular flexibility index (Phi) is 5.96. The van der Waals surface area contributed by atoms with E-state index < -0.39 is 5.82 Å². The van der Waals surface area contributed by atoms with Gasteiger partial charge in [0.1, 0.15) is 11.6 Å². The van der Waals surface area contributed by atoms with E-state index >= 15 is 0 Å². The van der Waals surface area contributed by atoms with Gasteiger partial charge in [-0.15, -0.1) is 0 Å². The van der Waals surface area contributed by atoms with Crippen LogP contribution in [0.1, 0.15) is 31.2 Å². The number of benzene rings is 1. The lowest BCUT2D eigenvalue weighted by atomic mass is 10.1. The van der Waals surface area contributed by atoms with Crippen molar-refractivity contribution >= 4 is 5.96 Å². The summed E-state index contributed by atoms with van der Waals surface area (Å²) in [5, 5.41) is 6.35. The number of aliphatic imine (C=N–C) groups is 1. The molecule has 0 radical (unpaired) electrons. The average Bonchev–Trinajstić information content (AvgIpc) is 3.29. The average molecular weight is 295 g/mol. The maximum absolute atomic E-state index is 13.5. The molecule has 0 unspecified atom stereocenters. The van der Waals surface area contributed by atoms with Crippen molar-refractivity contribution < 1.29 is 8.78 Å². The molecule has 0 spiro atoms. The third-order valence-corrected chi connectivity index (χ3v) is 3.70. The number of halogens is 2. The standard InChI is InChI=1S/C16H23F2N3/c1-19-16(20-9-2-3-12-4-5-12)21-10-8-13-11-14(17)6-7-15(13)18/h6-7,11-12H,2-5,8-10H2,1H3,(H2,19,20,21). The SMILES string of the molecule is CN=C(NCCCC1CC1)NCCc1cc(F)ccc1F. The van der Waals surface area contributed by atoms with E-state index in [1.165, 1.54) is 25.3 Å². The van der Waals surface area contributed by atoms with Crippen molar-refractivity contribution in [3.63, 3.8) is 0 Å². The fourth-order valence-corrected chi connectivity index (χ4v) is 2.28. The molecule has 1 fully saturated rings. The van der Waals surface area contributed by atoms with Gasteiger partial charge in [-0.2, -0.15) is 0 Å². The summed E-state index contributed by atoms with van der Waals surface area (Å²) in [4.78, 5) is 4.12. The molecule has 0 aliphatic heterocycles. The first-order valence-electron chi connectivity index (χ1n) is 7.57. The molecule has 2 N–H and O–H groups in total. The minimum Gasteiger partial charge on any atom is -0.356 e. The van der Waals surface area contributed by atoms with E-state index in [1.807, 2.05) is 0 Å². The van der Waals surface area contributed by atoms with E-state index in [4.69, 9.17) is 0 Å². The Morgan fingerprint density at radius 3 is 2.71 bits per heavy atom. The molecule has 116 valence electrons. The summed E-state index contributed by atoms with van der Waals surface area (Å²) in [6, 6.07) is 3.53. The van der Waals surface area contributed by atoms with Crippen LogP contribution in [0, 0.1) is 17.6 Å². The van der Waals surface area contributed by atoms with Gasteiger partial charge in [0.15, 0.2) is 5.96 Å². The van der Waals surface area contributed by atoms with Gasteiger partial charge in [-0.1, -0.05) is 12.8 Å². The monoisotopic (exact) mass is 295 g/mol. The Hall–Kier alpha value is -1.65. The molecule has 5 heteroatoms. The summed E-state index contributed by atoms with van der Waals surface area (Å²) in [5.74, 6) is 0.875. The lowest BCUT2D eigenvalue weighted by molar-refractivity contribution is 0.582. The van der Waals surface area contributed by atoms with Crippen LogP contribution in [0.4, 0.5) is 8.78 Å². The molecular weight excluding hydrogens is 272 g/mol. The molecule has 2 rings (SSSR count). The Morgan fingerprint density at radius 1 is 1.24 bits per heavy atom. The van der Waals surface area contributed by atoms with E-state index in [0.29, 0.717) is 24.5 Å². The van der Waals surface area contributed by atoms with Crippen LogP contribution < -0.4 is 10.6 Å². The third-order valence-electron chi connectivity index (χ3n) is 3.70. The van der Waals surface area contributed by atoms with E-state index in [0.717, 1.165) is 31.0 Å². The molecule has 21 heavy (non-hydrogen) atoms. The Bertz CT molecular complexity index is 484. The number of hydrogen-bond acceptors (Lipinski definition) is 1. The molecule has 1 aliphatic rings. The van der Waals surface area contributed by atoms with Crippen LogP contribution in [0.15, 0.2) is 23.2 Å². The van der Waals surface area contributed by atoms with E-state index in [-0.39, 0.29) is 5.82 Å². The van der Waals surface area contributed by atoms with Crippen LogP contribution >= 0.6 is 0 Å². The van der Waals surface area contributed by atoms with Crippen LogP contribution in [-0.4, -0.2) is 26.1 Å². The van der Waals surface area contributed by atoms with Crippen LogP contribution in [-0.2, 0) is 6.42 Å². The van der Waals surface area contributed by atoms with Gasteiger partial charge in [0.05, 0.1) is 0 Å². The largest absolute Gasteiger partial charge is 0.356 e. The van der Waals surface area contributed by atoms with Gasteiger partial charge >= 0.3 is 0 Å². The van der Waals surface area contributed by atoms with Crippen molar-refractivity contribution in [2.75, 3.05) is 20.1 Å². The number of hydrogen-bond donors (Lipinski definition) is 2. The second-order valence-corrected chi connectivity index (χ2v) is 5.50. The topological polar surface area (TPSA) is 36.4 Å². The first-order valence-corrected chi connectivity index (χ1v) is 7.57. The Balaban J connectivity index is 1.66. The highest BCUT2D eigenvalue weighted by molar-refractivity contribution is 5.79. The number of rotatable bonds is 7. The molecule has 1 aromatic rings. The van der Waals surface area contributed by atoms with Gasteiger partial charge in [-0.3, -0.25) is 4.99 Å². The molecule has 1 aliphatic carbocycles. The predicted octanol–water partition coefficient (Wildman–Crippen LogP) is 2.86. The van der Waals surface area contributed by atoms with Gasteiger partial charge in [0.25, 0.3) is 0 Å². The fourth-order valence-electron chi connectivity index (χ4n) is 2.28. The van der Waals surface area contributed by atoms with Crippen molar-refractivity contribution in [1.29, 1.82) is 0 Å². The molecule has 1 aromatic carbocycles. The lowest BCUT2D eigenvalue weighted by Gasteiger charge is -2.12. The van der Waals surface area contributed by atoms with E-state index in [2.05, 4.69) is 15.6 Å². The summed E-state index contributed by atoms with van der Waals surface area (Å²) < 4.78 is 26.5. The van der Waals surface area contributed by atoms with E-state index in [9.17, 15) is 8.78 Å². The van der Waals surface area contributed by atoms with Crippen LogP contribution in [0.2, 0.25) is 0 Å². The molecule has 0 saturated heterocycles. The minimum atomic E-state index is -0.408. The van der Waals surface area contributed by atoms with Crippen LogP contribution in [0.25, 0.3) is 0 Å². The summed E-state index contributed by atoms with van der Waals surface area (Å²) >= 11 is 0. The number of nitrogens with one attached hydrogen (secondary N) is 2. The zero-order chi connectivity index (χ0) is 15.1. The normalized spacial score (nSPS) is 15.1. The summed E-state index contributed by atoms with van der Waals surface area (Å²) in [6.07, 6.45) is 5.60. The Morgan fingerprint density at radius 2 is 2.00 bits per heavy atom. The first-order chi connectivity index (χ1) is 10.2. The summed E-state index contributed by atoms with van der Waals surface area (Å²) in [7, 11) is 1.71.